The van der Waals surface area contributed by atoms with Crippen LogP contribution in [-0.2, 0) is 9.47 Å². The van der Waals surface area contributed by atoms with Crippen LogP contribution in [0.25, 0.3) is 0 Å². The van der Waals surface area contributed by atoms with Gasteiger partial charge in [-0.3, -0.25) is 0 Å². The van der Waals surface area contributed by atoms with Crippen molar-refractivity contribution in [3.05, 3.63) is 18.3 Å². The summed E-state index contributed by atoms with van der Waals surface area (Å²) in [5.74, 6) is 0.547. The summed E-state index contributed by atoms with van der Waals surface area (Å²) in [6.45, 7) is 8.36. The Hall–Kier alpha value is -1.33. The van der Waals surface area contributed by atoms with Gasteiger partial charge in [-0.25, -0.2) is 4.98 Å². The molecule has 5 heteroatoms. The van der Waals surface area contributed by atoms with Gasteiger partial charge in [-0.2, -0.15) is 0 Å². The minimum absolute atomic E-state index is 0.547. The summed E-state index contributed by atoms with van der Waals surface area (Å²) in [4.78, 5) is 6.26. The van der Waals surface area contributed by atoms with Crippen LogP contribution < -0.4 is 10.6 Å². The normalized spacial score (nSPS) is 10.6. The van der Waals surface area contributed by atoms with Gasteiger partial charge in [-0.15, -0.1) is 0 Å². The highest BCUT2D eigenvalue weighted by molar-refractivity contribution is 5.62. The van der Waals surface area contributed by atoms with Crippen LogP contribution in [0.1, 0.15) is 13.8 Å². The number of nitrogens with zero attached hydrogens (tertiary/aromatic N) is 2. The molecule has 0 bridgehead atoms. The Morgan fingerprint density at radius 3 is 2.28 bits per heavy atom. The molecule has 18 heavy (non-hydrogen) atoms. The molecule has 5 nitrogen and oxygen atoms in total. The molecule has 0 aromatic carbocycles. The number of nitrogen functional groups attached to an aromatic ring is 1. The first-order valence-corrected chi connectivity index (χ1v) is 6.40. The molecular weight excluding hydrogens is 230 g/mol. The van der Waals surface area contributed by atoms with E-state index in [2.05, 4.69) is 9.88 Å². The fourth-order valence-corrected chi connectivity index (χ4v) is 1.67. The van der Waals surface area contributed by atoms with Gasteiger partial charge in [-0.05, 0) is 26.0 Å². The van der Waals surface area contributed by atoms with Crippen molar-refractivity contribution in [3.8, 4) is 0 Å². The molecular formula is C13H23N3O2. The van der Waals surface area contributed by atoms with Gasteiger partial charge >= 0.3 is 0 Å². The van der Waals surface area contributed by atoms with E-state index in [0.717, 1.165) is 32.0 Å². The number of anilines is 2. The third-order valence-electron chi connectivity index (χ3n) is 2.58. The third kappa shape index (κ3) is 4.89. The molecule has 0 spiro atoms. The zero-order valence-corrected chi connectivity index (χ0v) is 11.3. The molecule has 0 saturated heterocycles. The second-order valence-electron chi connectivity index (χ2n) is 3.79. The van der Waals surface area contributed by atoms with Crippen LogP contribution >= 0.6 is 0 Å². The monoisotopic (exact) mass is 253 g/mol. The molecule has 0 aliphatic heterocycles. The zero-order valence-electron chi connectivity index (χ0n) is 11.3. The van der Waals surface area contributed by atoms with Crippen molar-refractivity contribution in [1.29, 1.82) is 0 Å². The largest absolute Gasteiger partial charge is 0.382 e. The molecule has 1 aromatic rings. The van der Waals surface area contributed by atoms with Crippen LogP contribution in [0.2, 0.25) is 0 Å². The molecule has 1 heterocycles. The van der Waals surface area contributed by atoms with E-state index < -0.39 is 0 Å². The Bertz CT molecular complexity index is 324. The highest BCUT2D eigenvalue weighted by Gasteiger charge is 2.09. The molecule has 2 N–H and O–H groups in total. The third-order valence-corrected chi connectivity index (χ3v) is 2.58. The van der Waals surface area contributed by atoms with Crippen LogP contribution in [-0.4, -0.2) is 44.5 Å². The molecule has 1 aromatic heterocycles. The maximum atomic E-state index is 5.90. The summed E-state index contributed by atoms with van der Waals surface area (Å²) in [6, 6.07) is 3.86. The van der Waals surface area contributed by atoms with Gasteiger partial charge in [0.2, 0.25) is 0 Å². The van der Waals surface area contributed by atoms with Crippen LogP contribution in [0.4, 0.5) is 11.5 Å². The Morgan fingerprint density at radius 1 is 1.17 bits per heavy atom. The van der Waals surface area contributed by atoms with Crippen molar-refractivity contribution in [2.75, 3.05) is 50.2 Å². The second-order valence-corrected chi connectivity index (χ2v) is 3.79. The number of aromatic nitrogens is 1. The summed E-state index contributed by atoms with van der Waals surface area (Å²) in [7, 11) is 0. The van der Waals surface area contributed by atoms with Crippen LogP contribution in [0.15, 0.2) is 18.3 Å². The van der Waals surface area contributed by atoms with E-state index in [1.54, 1.807) is 6.20 Å². The van der Waals surface area contributed by atoms with Gasteiger partial charge < -0.3 is 20.1 Å². The molecule has 0 aliphatic rings. The zero-order chi connectivity index (χ0) is 13.2. The van der Waals surface area contributed by atoms with E-state index in [4.69, 9.17) is 15.2 Å². The molecule has 0 radical (unpaired) electrons. The summed E-state index contributed by atoms with van der Waals surface area (Å²) in [5, 5.41) is 0. The number of nitrogens with two attached hydrogens (primary N) is 1. The average Bonchev–Trinajstić information content (AvgIpc) is 2.38. The SMILES string of the molecule is CCOCCN(CCOCC)c1cccnc1N. The first-order chi connectivity index (χ1) is 8.79. The smallest absolute Gasteiger partial charge is 0.146 e. The number of hydrogen-bond acceptors (Lipinski definition) is 5. The molecule has 0 fully saturated rings. The predicted octanol–water partition coefficient (Wildman–Crippen LogP) is 1.54. The van der Waals surface area contributed by atoms with Gasteiger partial charge in [0.05, 0.1) is 18.9 Å². The van der Waals surface area contributed by atoms with Gasteiger partial charge in [-0.1, -0.05) is 0 Å². The molecule has 0 unspecified atom stereocenters. The summed E-state index contributed by atoms with van der Waals surface area (Å²) in [6.07, 6.45) is 1.70. The van der Waals surface area contributed by atoms with E-state index >= 15 is 0 Å². The quantitative estimate of drug-likeness (QED) is 0.676. The van der Waals surface area contributed by atoms with Gasteiger partial charge in [0.1, 0.15) is 5.82 Å². The van der Waals surface area contributed by atoms with Gasteiger partial charge in [0.15, 0.2) is 0 Å². The molecule has 0 saturated carbocycles. The molecule has 0 aliphatic carbocycles. The topological polar surface area (TPSA) is 60.6 Å². The lowest BCUT2D eigenvalue weighted by Crippen LogP contribution is -2.31. The summed E-state index contributed by atoms with van der Waals surface area (Å²) in [5.41, 5.74) is 6.84. The first kappa shape index (κ1) is 14.7. The lowest BCUT2D eigenvalue weighted by molar-refractivity contribution is 0.141. The molecule has 1 rings (SSSR count). The Labute approximate surface area is 109 Å². The van der Waals surface area contributed by atoms with E-state index in [1.165, 1.54) is 0 Å². The van der Waals surface area contributed by atoms with E-state index in [0.29, 0.717) is 19.0 Å². The van der Waals surface area contributed by atoms with Crippen LogP contribution in [0.3, 0.4) is 0 Å². The van der Waals surface area contributed by atoms with Crippen molar-refractivity contribution in [1.82, 2.24) is 4.98 Å². The standard InChI is InChI=1S/C13H23N3O2/c1-3-17-10-8-16(9-11-18-4-2)12-6-5-7-15-13(12)14/h5-7H,3-4,8-11H2,1-2H3,(H2,14,15). The van der Waals surface area contributed by atoms with E-state index in [1.807, 2.05) is 26.0 Å². The Balaban J connectivity index is 2.60. The maximum Gasteiger partial charge on any atom is 0.146 e. The second kappa shape index (κ2) is 8.72. The van der Waals surface area contributed by atoms with Crippen LogP contribution in [0.5, 0.6) is 0 Å². The minimum Gasteiger partial charge on any atom is -0.382 e. The summed E-state index contributed by atoms with van der Waals surface area (Å²) >= 11 is 0. The molecule has 0 atom stereocenters. The fraction of sp³-hybridized carbons (Fsp3) is 0.615. The molecule has 102 valence electrons. The lowest BCUT2D eigenvalue weighted by Gasteiger charge is -2.25. The number of pyridine rings is 1. The molecule has 0 amide bonds. The van der Waals surface area contributed by atoms with Crippen molar-refractivity contribution < 1.29 is 9.47 Å². The maximum absolute atomic E-state index is 5.90. The van der Waals surface area contributed by atoms with Crippen LogP contribution in [0, 0.1) is 0 Å². The minimum atomic E-state index is 0.547. The predicted molar refractivity (Wildman–Crippen MR) is 73.8 cm³/mol. The van der Waals surface area contributed by atoms with E-state index in [-0.39, 0.29) is 0 Å². The highest BCUT2D eigenvalue weighted by atomic mass is 16.5. The first-order valence-electron chi connectivity index (χ1n) is 6.40. The van der Waals surface area contributed by atoms with Crippen molar-refractivity contribution in [2.24, 2.45) is 0 Å². The van der Waals surface area contributed by atoms with E-state index in [9.17, 15) is 0 Å². The summed E-state index contributed by atoms with van der Waals surface area (Å²) < 4.78 is 10.8. The number of rotatable bonds is 9. The fourth-order valence-electron chi connectivity index (χ4n) is 1.67. The number of hydrogen-bond donors (Lipinski definition) is 1. The van der Waals surface area contributed by atoms with Crippen molar-refractivity contribution in [2.45, 2.75) is 13.8 Å². The average molecular weight is 253 g/mol. The highest BCUT2D eigenvalue weighted by Crippen LogP contribution is 2.19. The van der Waals surface area contributed by atoms with Gasteiger partial charge in [0.25, 0.3) is 0 Å². The lowest BCUT2D eigenvalue weighted by atomic mass is 10.3. The van der Waals surface area contributed by atoms with Crippen molar-refractivity contribution >= 4 is 11.5 Å². The van der Waals surface area contributed by atoms with Gasteiger partial charge in [0, 0.05) is 32.5 Å². The Morgan fingerprint density at radius 2 is 1.78 bits per heavy atom. The number of ether oxygens (including phenoxy) is 2. The Kier molecular flexibility index (Phi) is 7.13. The van der Waals surface area contributed by atoms with Crippen molar-refractivity contribution in [3.63, 3.8) is 0 Å².